The summed E-state index contributed by atoms with van der Waals surface area (Å²) in [5.41, 5.74) is 0.497. The van der Waals surface area contributed by atoms with Gasteiger partial charge in [-0.05, 0) is 31.2 Å². The zero-order valence-electron chi connectivity index (χ0n) is 11.5. The number of carbonyl (C=O) groups is 1. The van der Waals surface area contributed by atoms with Crippen molar-refractivity contribution in [2.75, 3.05) is 20.3 Å². The molecule has 0 aliphatic heterocycles. The molecule has 0 radical (unpaired) electrons. The second kappa shape index (κ2) is 7.21. The van der Waals surface area contributed by atoms with E-state index in [1.807, 2.05) is 13.8 Å². The first-order valence-corrected chi connectivity index (χ1v) is 6.24. The molecule has 0 bridgehead atoms. The average Bonchev–Trinajstić information content (AvgIpc) is 2.37. The lowest BCUT2D eigenvalue weighted by Gasteiger charge is -2.27. The van der Waals surface area contributed by atoms with Crippen LogP contribution < -0.4 is 0 Å². The maximum atomic E-state index is 13.3. The topological polar surface area (TPSA) is 49.8 Å². The summed E-state index contributed by atoms with van der Waals surface area (Å²) in [7, 11) is 1.64. The Morgan fingerprint density at radius 1 is 1.53 bits per heavy atom. The minimum absolute atomic E-state index is 0.216. The molecule has 5 heteroatoms. The number of carboxylic acids is 1. The van der Waals surface area contributed by atoms with Gasteiger partial charge in [-0.15, -0.1) is 0 Å². The second-order valence-electron chi connectivity index (χ2n) is 4.49. The first kappa shape index (κ1) is 15.6. The summed E-state index contributed by atoms with van der Waals surface area (Å²) < 4.78 is 18.4. The fraction of sp³-hybridized carbons (Fsp3) is 0.500. The predicted octanol–water partition coefficient (Wildman–Crippen LogP) is 2.38. The number of rotatable bonds is 7. The van der Waals surface area contributed by atoms with E-state index >= 15 is 0 Å². The number of benzene rings is 1. The van der Waals surface area contributed by atoms with Gasteiger partial charge in [0.15, 0.2) is 0 Å². The van der Waals surface area contributed by atoms with Crippen molar-refractivity contribution >= 4 is 5.97 Å². The van der Waals surface area contributed by atoms with Crippen molar-refractivity contribution in [1.82, 2.24) is 4.90 Å². The third-order valence-electron chi connectivity index (χ3n) is 3.08. The molecular weight excluding hydrogens is 249 g/mol. The molecule has 0 saturated heterocycles. The van der Waals surface area contributed by atoms with Gasteiger partial charge in [0.1, 0.15) is 5.82 Å². The zero-order valence-corrected chi connectivity index (χ0v) is 11.5. The summed E-state index contributed by atoms with van der Waals surface area (Å²) in [6, 6.07) is 4.42. The predicted molar refractivity (Wildman–Crippen MR) is 70.8 cm³/mol. The van der Waals surface area contributed by atoms with Gasteiger partial charge in [0.2, 0.25) is 0 Å². The van der Waals surface area contributed by atoms with Gasteiger partial charge in [-0.2, -0.15) is 0 Å². The number of halogens is 1. The van der Waals surface area contributed by atoms with Gasteiger partial charge in [-0.25, -0.2) is 9.18 Å². The molecule has 19 heavy (non-hydrogen) atoms. The maximum absolute atomic E-state index is 13.3. The number of likely N-dealkylation sites (N-methyl/N-ethyl adjacent to an activating group) is 1. The van der Waals surface area contributed by atoms with Crippen LogP contribution >= 0.6 is 0 Å². The summed E-state index contributed by atoms with van der Waals surface area (Å²) >= 11 is 0. The number of methoxy groups -OCH3 is 1. The Labute approximate surface area is 112 Å². The van der Waals surface area contributed by atoms with Crippen LogP contribution in [0.15, 0.2) is 18.2 Å². The monoisotopic (exact) mass is 269 g/mol. The number of hydrogen-bond donors (Lipinski definition) is 1. The molecule has 0 saturated carbocycles. The van der Waals surface area contributed by atoms with Crippen LogP contribution in [0.5, 0.6) is 0 Å². The molecule has 1 atom stereocenters. The Hall–Kier alpha value is -1.46. The Balaban J connectivity index is 2.85. The van der Waals surface area contributed by atoms with Gasteiger partial charge in [0, 0.05) is 19.7 Å². The van der Waals surface area contributed by atoms with Crippen molar-refractivity contribution in [3.05, 3.63) is 35.1 Å². The molecular formula is C14H20FNO3. The van der Waals surface area contributed by atoms with Crippen LogP contribution in [-0.2, 0) is 11.3 Å². The summed E-state index contributed by atoms with van der Waals surface area (Å²) in [6.45, 7) is 6.04. The van der Waals surface area contributed by atoms with Crippen LogP contribution in [-0.4, -0.2) is 42.3 Å². The number of aromatic carboxylic acids is 1. The highest BCUT2D eigenvalue weighted by Crippen LogP contribution is 2.14. The fourth-order valence-corrected chi connectivity index (χ4v) is 2.00. The Morgan fingerprint density at radius 3 is 2.74 bits per heavy atom. The number of carboxylic acid groups (broad SMARTS) is 1. The normalized spacial score (nSPS) is 12.7. The van der Waals surface area contributed by atoms with Gasteiger partial charge in [0.25, 0.3) is 0 Å². The van der Waals surface area contributed by atoms with Crippen molar-refractivity contribution in [3.8, 4) is 0 Å². The van der Waals surface area contributed by atoms with E-state index in [4.69, 9.17) is 9.84 Å². The molecule has 0 aliphatic carbocycles. The molecule has 106 valence electrons. The summed E-state index contributed by atoms with van der Waals surface area (Å²) in [5.74, 6) is -1.95. The Bertz CT molecular complexity index is 437. The Morgan fingerprint density at radius 2 is 2.21 bits per heavy atom. The largest absolute Gasteiger partial charge is 0.478 e. The highest BCUT2D eigenvalue weighted by molar-refractivity contribution is 5.88. The minimum atomic E-state index is -1.24. The molecule has 0 fully saturated rings. The summed E-state index contributed by atoms with van der Waals surface area (Å²) in [4.78, 5) is 13.0. The highest BCUT2D eigenvalue weighted by atomic mass is 19.1. The lowest BCUT2D eigenvalue weighted by atomic mass is 10.1. The molecule has 1 unspecified atom stereocenters. The van der Waals surface area contributed by atoms with E-state index in [1.54, 1.807) is 13.2 Å². The van der Waals surface area contributed by atoms with Crippen molar-refractivity contribution in [2.45, 2.75) is 26.4 Å². The van der Waals surface area contributed by atoms with E-state index < -0.39 is 11.8 Å². The first-order valence-electron chi connectivity index (χ1n) is 6.24. The van der Waals surface area contributed by atoms with Crippen molar-refractivity contribution in [2.24, 2.45) is 0 Å². The molecule has 1 aromatic rings. The second-order valence-corrected chi connectivity index (χ2v) is 4.49. The van der Waals surface area contributed by atoms with E-state index in [0.717, 1.165) is 12.1 Å². The third-order valence-corrected chi connectivity index (χ3v) is 3.08. The number of nitrogens with zero attached hydrogens (tertiary/aromatic N) is 1. The first-order chi connectivity index (χ1) is 8.99. The smallest absolute Gasteiger partial charge is 0.338 e. The molecule has 0 heterocycles. The van der Waals surface area contributed by atoms with Gasteiger partial charge in [-0.1, -0.05) is 13.0 Å². The van der Waals surface area contributed by atoms with Crippen LogP contribution in [0.1, 0.15) is 29.8 Å². The number of ether oxygens (including phenoxy) is 1. The van der Waals surface area contributed by atoms with Crippen LogP contribution in [0.3, 0.4) is 0 Å². The maximum Gasteiger partial charge on any atom is 0.338 e. The van der Waals surface area contributed by atoms with Gasteiger partial charge in [0.05, 0.1) is 12.2 Å². The zero-order chi connectivity index (χ0) is 14.4. The lowest BCUT2D eigenvalue weighted by molar-refractivity contribution is 0.0691. The Kier molecular flexibility index (Phi) is 5.92. The number of hydrogen-bond acceptors (Lipinski definition) is 3. The van der Waals surface area contributed by atoms with Crippen molar-refractivity contribution < 1.29 is 19.0 Å². The highest BCUT2D eigenvalue weighted by Gasteiger charge is 2.15. The third kappa shape index (κ3) is 4.29. The fourth-order valence-electron chi connectivity index (χ4n) is 2.00. The van der Waals surface area contributed by atoms with Crippen LogP contribution in [0, 0.1) is 5.82 Å². The minimum Gasteiger partial charge on any atom is -0.478 e. The van der Waals surface area contributed by atoms with Crippen molar-refractivity contribution in [3.63, 3.8) is 0 Å². The van der Waals surface area contributed by atoms with Gasteiger partial charge in [-0.3, -0.25) is 4.90 Å². The van der Waals surface area contributed by atoms with E-state index in [2.05, 4.69) is 4.90 Å². The molecule has 1 aromatic carbocycles. The molecule has 1 N–H and O–H groups in total. The molecule has 4 nitrogen and oxygen atoms in total. The van der Waals surface area contributed by atoms with Crippen LogP contribution in [0.25, 0.3) is 0 Å². The van der Waals surface area contributed by atoms with Crippen LogP contribution in [0.4, 0.5) is 4.39 Å². The van der Waals surface area contributed by atoms with E-state index in [-0.39, 0.29) is 11.6 Å². The average molecular weight is 269 g/mol. The molecule has 0 aliphatic rings. The SMILES string of the molecule is CCN(Cc1ccc(F)c(C(=O)O)c1)C(C)COC. The summed E-state index contributed by atoms with van der Waals surface area (Å²) in [5, 5.41) is 8.90. The molecule has 0 spiro atoms. The van der Waals surface area contributed by atoms with E-state index in [9.17, 15) is 9.18 Å². The van der Waals surface area contributed by atoms with Crippen molar-refractivity contribution in [1.29, 1.82) is 0 Å². The van der Waals surface area contributed by atoms with Gasteiger partial charge >= 0.3 is 5.97 Å². The van der Waals surface area contributed by atoms with E-state index in [0.29, 0.717) is 13.2 Å². The van der Waals surface area contributed by atoms with E-state index in [1.165, 1.54) is 12.1 Å². The van der Waals surface area contributed by atoms with Crippen LogP contribution in [0.2, 0.25) is 0 Å². The molecule has 0 aromatic heterocycles. The molecule has 1 rings (SSSR count). The standard InChI is InChI=1S/C14H20FNO3/c1-4-16(10(2)9-19-3)8-11-5-6-13(15)12(7-11)14(17)18/h5-7,10H,4,8-9H2,1-3H3,(H,17,18). The summed E-state index contributed by atoms with van der Waals surface area (Å²) in [6.07, 6.45) is 0. The molecule has 0 amide bonds. The lowest BCUT2D eigenvalue weighted by Crippen LogP contribution is -2.35. The quantitative estimate of drug-likeness (QED) is 0.825. The van der Waals surface area contributed by atoms with Gasteiger partial charge < -0.3 is 9.84 Å².